The van der Waals surface area contributed by atoms with Gasteiger partial charge in [-0.3, -0.25) is 0 Å². The molecule has 0 aromatic carbocycles. The van der Waals surface area contributed by atoms with Gasteiger partial charge in [0, 0.05) is 6.54 Å². The Morgan fingerprint density at radius 2 is 2.62 bits per heavy atom. The van der Waals surface area contributed by atoms with Crippen LogP contribution < -0.4 is 5.32 Å². The van der Waals surface area contributed by atoms with Crippen LogP contribution in [0.1, 0.15) is 19.3 Å². The highest BCUT2D eigenvalue weighted by Crippen LogP contribution is 2.15. The predicted octanol–water partition coefficient (Wildman–Crippen LogP) is 1.32. The smallest absolute Gasteiger partial charge is 0.0161 e. The van der Waals surface area contributed by atoms with Crippen molar-refractivity contribution in [1.29, 1.82) is 0 Å². The van der Waals surface area contributed by atoms with Gasteiger partial charge in [0.15, 0.2) is 0 Å². The largest absolute Gasteiger partial charge is 0.316 e. The van der Waals surface area contributed by atoms with E-state index in [1.165, 1.54) is 19.3 Å². The van der Waals surface area contributed by atoms with E-state index in [0.29, 0.717) is 0 Å². The molecule has 1 aliphatic carbocycles. The van der Waals surface area contributed by atoms with Crippen molar-refractivity contribution in [2.75, 3.05) is 13.6 Å². The van der Waals surface area contributed by atoms with Crippen LogP contribution >= 0.6 is 0 Å². The molecular formula is C7H13N. The Balaban J connectivity index is 2.23. The van der Waals surface area contributed by atoms with Gasteiger partial charge >= 0.3 is 0 Å². The van der Waals surface area contributed by atoms with Crippen LogP contribution in [0.25, 0.3) is 0 Å². The van der Waals surface area contributed by atoms with Gasteiger partial charge in [0.1, 0.15) is 0 Å². The van der Waals surface area contributed by atoms with E-state index in [4.69, 9.17) is 0 Å². The molecule has 46 valence electrons. The molecule has 0 aromatic heterocycles. The second-order valence-corrected chi connectivity index (χ2v) is 2.28. The van der Waals surface area contributed by atoms with Crippen LogP contribution in [0.5, 0.6) is 0 Å². The van der Waals surface area contributed by atoms with Gasteiger partial charge in [-0.2, -0.15) is 0 Å². The fourth-order valence-electron chi connectivity index (χ4n) is 1.12. The number of hydrogen-bond acceptors (Lipinski definition) is 1. The van der Waals surface area contributed by atoms with E-state index < -0.39 is 0 Å². The summed E-state index contributed by atoms with van der Waals surface area (Å²) in [5.74, 6) is 0. The third kappa shape index (κ3) is 1.34. The monoisotopic (exact) mass is 111 g/mol. The average Bonchev–Trinajstić information content (AvgIpc) is 2.19. The molecule has 0 unspecified atom stereocenters. The van der Waals surface area contributed by atoms with Crippen molar-refractivity contribution in [3.05, 3.63) is 11.6 Å². The Morgan fingerprint density at radius 1 is 1.75 bits per heavy atom. The first-order valence-corrected chi connectivity index (χ1v) is 3.26. The summed E-state index contributed by atoms with van der Waals surface area (Å²) in [4.78, 5) is 0. The Hall–Kier alpha value is -0.300. The molecule has 0 spiro atoms. The average molecular weight is 111 g/mol. The highest BCUT2D eigenvalue weighted by molar-refractivity contribution is 5.08. The first-order chi connectivity index (χ1) is 3.93. The first kappa shape index (κ1) is 5.83. The quantitative estimate of drug-likeness (QED) is 0.530. The predicted molar refractivity (Wildman–Crippen MR) is 35.9 cm³/mol. The summed E-state index contributed by atoms with van der Waals surface area (Å²) < 4.78 is 0. The SMILES string of the molecule is CNCC1=CCCC1. The molecule has 0 atom stereocenters. The van der Waals surface area contributed by atoms with Crippen molar-refractivity contribution < 1.29 is 0 Å². The van der Waals surface area contributed by atoms with E-state index in [-0.39, 0.29) is 0 Å². The van der Waals surface area contributed by atoms with Gasteiger partial charge in [0.05, 0.1) is 0 Å². The highest BCUT2D eigenvalue weighted by atomic mass is 14.8. The number of hydrogen-bond donors (Lipinski definition) is 1. The van der Waals surface area contributed by atoms with Crippen LogP contribution in [0, 0.1) is 0 Å². The van der Waals surface area contributed by atoms with Gasteiger partial charge in [-0.1, -0.05) is 11.6 Å². The fraction of sp³-hybridized carbons (Fsp3) is 0.714. The number of likely N-dealkylation sites (N-methyl/N-ethyl adjacent to an activating group) is 1. The summed E-state index contributed by atoms with van der Waals surface area (Å²) in [5, 5.41) is 3.14. The fourth-order valence-corrected chi connectivity index (χ4v) is 1.12. The molecule has 1 heteroatoms. The van der Waals surface area contributed by atoms with Crippen molar-refractivity contribution in [2.24, 2.45) is 0 Å². The molecule has 0 bridgehead atoms. The van der Waals surface area contributed by atoms with Crippen LogP contribution in [0.3, 0.4) is 0 Å². The van der Waals surface area contributed by atoms with Gasteiger partial charge in [0.2, 0.25) is 0 Å². The van der Waals surface area contributed by atoms with Gasteiger partial charge < -0.3 is 5.32 Å². The zero-order valence-electron chi connectivity index (χ0n) is 5.41. The van der Waals surface area contributed by atoms with Crippen molar-refractivity contribution >= 4 is 0 Å². The Labute approximate surface area is 50.8 Å². The summed E-state index contributed by atoms with van der Waals surface area (Å²) in [6.07, 6.45) is 6.34. The summed E-state index contributed by atoms with van der Waals surface area (Å²) in [5.41, 5.74) is 1.59. The summed E-state index contributed by atoms with van der Waals surface area (Å²) in [7, 11) is 2.00. The maximum absolute atomic E-state index is 3.14. The van der Waals surface area contributed by atoms with Gasteiger partial charge in [-0.05, 0) is 26.3 Å². The Morgan fingerprint density at radius 3 is 3.12 bits per heavy atom. The van der Waals surface area contributed by atoms with Crippen LogP contribution in [0.15, 0.2) is 11.6 Å². The molecule has 1 N–H and O–H groups in total. The van der Waals surface area contributed by atoms with E-state index in [1.54, 1.807) is 5.57 Å². The molecule has 0 radical (unpaired) electrons. The first-order valence-electron chi connectivity index (χ1n) is 3.26. The lowest BCUT2D eigenvalue weighted by molar-refractivity contribution is 0.823. The zero-order valence-corrected chi connectivity index (χ0v) is 5.41. The molecule has 0 saturated carbocycles. The van der Waals surface area contributed by atoms with Crippen molar-refractivity contribution in [1.82, 2.24) is 5.32 Å². The molecule has 0 heterocycles. The standard InChI is InChI=1S/C7H13N/c1-8-6-7-4-2-3-5-7/h4,8H,2-3,5-6H2,1H3. The lowest BCUT2D eigenvalue weighted by Gasteiger charge is -1.96. The third-order valence-electron chi connectivity index (χ3n) is 1.54. The van der Waals surface area contributed by atoms with E-state index in [1.807, 2.05) is 7.05 Å². The number of nitrogens with one attached hydrogen (secondary N) is 1. The number of rotatable bonds is 2. The lowest BCUT2D eigenvalue weighted by atomic mass is 10.2. The molecule has 0 saturated heterocycles. The molecule has 1 aliphatic rings. The van der Waals surface area contributed by atoms with Crippen LogP contribution in [0.4, 0.5) is 0 Å². The normalized spacial score (nSPS) is 18.9. The van der Waals surface area contributed by atoms with Crippen molar-refractivity contribution in [3.8, 4) is 0 Å². The maximum atomic E-state index is 3.14. The van der Waals surface area contributed by atoms with Crippen LogP contribution in [-0.4, -0.2) is 13.6 Å². The summed E-state index contributed by atoms with van der Waals surface area (Å²) in [6, 6.07) is 0. The lowest BCUT2D eigenvalue weighted by Crippen LogP contribution is -2.08. The Kier molecular flexibility index (Phi) is 2.10. The molecular weight excluding hydrogens is 98.1 g/mol. The minimum absolute atomic E-state index is 1.10. The topological polar surface area (TPSA) is 12.0 Å². The minimum Gasteiger partial charge on any atom is -0.316 e. The molecule has 0 amide bonds. The molecule has 8 heavy (non-hydrogen) atoms. The third-order valence-corrected chi connectivity index (χ3v) is 1.54. The van der Waals surface area contributed by atoms with Crippen LogP contribution in [-0.2, 0) is 0 Å². The molecule has 1 nitrogen and oxygen atoms in total. The highest BCUT2D eigenvalue weighted by Gasteiger charge is 2.00. The van der Waals surface area contributed by atoms with Gasteiger partial charge in [-0.25, -0.2) is 0 Å². The van der Waals surface area contributed by atoms with Crippen molar-refractivity contribution in [2.45, 2.75) is 19.3 Å². The zero-order chi connectivity index (χ0) is 5.82. The summed E-state index contributed by atoms with van der Waals surface area (Å²) in [6.45, 7) is 1.10. The second kappa shape index (κ2) is 2.88. The van der Waals surface area contributed by atoms with E-state index >= 15 is 0 Å². The second-order valence-electron chi connectivity index (χ2n) is 2.28. The minimum atomic E-state index is 1.10. The van der Waals surface area contributed by atoms with Gasteiger partial charge in [0.25, 0.3) is 0 Å². The molecule has 1 rings (SSSR count). The van der Waals surface area contributed by atoms with E-state index in [0.717, 1.165) is 6.54 Å². The van der Waals surface area contributed by atoms with Crippen LogP contribution in [0.2, 0.25) is 0 Å². The molecule has 0 aromatic rings. The molecule has 0 aliphatic heterocycles. The molecule has 0 fully saturated rings. The van der Waals surface area contributed by atoms with Gasteiger partial charge in [-0.15, -0.1) is 0 Å². The van der Waals surface area contributed by atoms with Crippen molar-refractivity contribution in [3.63, 3.8) is 0 Å². The number of allylic oxidation sites excluding steroid dienone is 1. The maximum Gasteiger partial charge on any atom is 0.0161 e. The van der Waals surface area contributed by atoms with E-state index in [2.05, 4.69) is 11.4 Å². The van der Waals surface area contributed by atoms with E-state index in [9.17, 15) is 0 Å². The summed E-state index contributed by atoms with van der Waals surface area (Å²) >= 11 is 0. The Bertz CT molecular complexity index is 94.6.